The number of aromatic nitrogens is 5. The highest BCUT2D eigenvalue weighted by atomic mass is 16.5. The summed E-state index contributed by atoms with van der Waals surface area (Å²) in [5, 5.41) is 19.7. The van der Waals surface area contributed by atoms with Crippen LogP contribution < -0.4 is 10.1 Å². The monoisotopic (exact) mass is 416 g/mol. The number of anilines is 2. The molecular formula is C25H16N6O. The molecule has 0 saturated heterocycles. The van der Waals surface area contributed by atoms with Crippen molar-refractivity contribution in [3.8, 4) is 33.8 Å². The molecule has 0 amide bonds. The second-order valence-corrected chi connectivity index (χ2v) is 7.85. The first-order chi connectivity index (χ1) is 15.8. The van der Waals surface area contributed by atoms with Gasteiger partial charge in [-0.05, 0) is 59.2 Å². The van der Waals surface area contributed by atoms with Crippen LogP contribution in [0, 0.1) is 0 Å². The van der Waals surface area contributed by atoms with Gasteiger partial charge in [-0.3, -0.25) is 10.2 Å². The molecule has 0 aliphatic carbocycles. The van der Waals surface area contributed by atoms with Gasteiger partial charge in [0.2, 0.25) is 0 Å². The molecular weight excluding hydrogens is 400 g/mol. The number of fused-ring (bicyclic) bond motifs is 4. The van der Waals surface area contributed by atoms with Crippen molar-refractivity contribution in [1.29, 1.82) is 0 Å². The lowest BCUT2D eigenvalue weighted by Crippen LogP contribution is -2.05. The standard InChI is InChI=1S/C25H16N6O/c1-4-20-18(12-27-30-20)7-14(1)16-3-6-22-23(9-16)32-24-10-17(11-26-25(24)29-22)15-2-5-21-19(8-15)13-28-31-21/h1-13H,(H,26,29)(H,27,30)(H,28,31). The molecule has 7 rings (SSSR count). The minimum atomic E-state index is 0.699. The number of ether oxygens (including phenoxy) is 1. The number of nitrogens with zero attached hydrogens (tertiary/aromatic N) is 3. The molecule has 4 heterocycles. The summed E-state index contributed by atoms with van der Waals surface area (Å²) in [5.41, 5.74) is 7.15. The summed E-state index contributed by atoms with van der Waals surface area (Å²) in [7, 11) is 0. The Labute approximate surface area is 182 Å². The largest absolute Gasteiger partial charge is 0.451 e. The second kappa shape index (κ2) is 6.42. The summed E-state index contributed by atoms with van der Waals surface area (Å²) in [5.74, 6) is 2.18. The summed E-state index contributed by atoms with van der Waals surface area (Å²) in [4.78, 5) is 4.60. The molecule has 3 aromatic carbocycles. The number of hydrogen-bond acceptors (Lipinski definition) is 5. The number of rotatable bonds is 2. The average Bonchev–Trinajstić information content (AvgIpc) is 3.50. The minimum Gasteiger partial charge on any atom is -0.451 e. The van der Waals surface area contributed by atoms with Crippen LogP contribution in [0.2, 0.25) is 0 Å². The average molecular weight is 416 g/mol. The quantitative estimate of drug-likeness (QED) is 0.321. The number of benzene rings is 3. The molecule has 7 heteroatoms. The van der Waals surface area contributed by atoms with E-state index in [0.717, 1.165) is 55.5 Å². The zero-order chi connectivity index (χ0) is 21.1. The number of hydrogen-bond donors (Lipinski definition) is 3. The molecule has 6 aromatic rings. The summed E-state index contributed by atoms with van der Waals surface area (Å²) in [6, 6.07) is 20.6. The lowest BCUT2D eigenvalue weighted by Gasteiger charge is -2.22. The van der Waals surface area contributed by atoms with Crippen LogP contribution in [-0.2, 0) is 0 Å². The van der Waals surface area contributed by atoms with Crippen LogP contribution in [-0.4, -0.2) is 25.4 Å². The van der Waals surface area contributed by atoms with Crippen LogP contribution in [0.15, 0.2) is 79.3 Å². The van der Waals surface area contributed by atoms with Gasteiger partial charge in [0, 0.05) is 22.5 Å². The molecule has 0 unspecified atom stereocenters. The fraction of sp³-hybridized carbons (Fsp3) is 0. The van der Waals surface area contributed by atoms with E-state index in [1.165, 1.54) is 0 Å². The molecule has 0 spiro atoms. The van der Waals surface area contributed by atoms with Crippen LogP contribution in [0.5, 0.6) is 11.5 Å². The smallest absolute Gasteiger partial charge is 0.174 e. The van der Waals surface area contributed by atoms with E-state index in [1.54, 1.807) is 0 Å². The Hall–Kier alpha value is -4.65. The topological polar surface area (TPSA) is 91.5 Å². The molecule has 32 heavy (non-hydrogen) atoms. The maximum Gasteiger partial charge on any atom is 0.174 e. The van der Waals surface area contributed by atoms with E-state index in [4.69, 9.17) is 4.74 Å². The van der Waals surface area contributed by atoms with Gasteiger partial charge in [-0.25, -0.2) is 4.98 Å². The van der Waals surface area contributed by atoms with Gasteiger partial charge in [0.25, 0.3) is 0 Å². The van der Waals surface area contributed by atoms with Crippen molar-refractivity contribution in [3.63, 3.8) is 0 Å². The first-order valence-electron chi connectivity index (χ1n) is 10.3. The van der Waals surface area contributed by atoms with Crippen LogP contribution in [0.25, 0.3) is 44.1 Å². The first kappa shape index (κ1) is 17.1. The van der Waals surface area contributed by atoms with E-state index in [1.807, 2.05) is 42.9 Å². The van der Waals surface area contributed by atoms with Crippen molar-refractivity contribution in [3.05, 3.63) is 79.3 Å². The van der Waals surface area contributed by atoms with Crippen molar-refractivity contribution in [2.24, 2.45) is 0 Å². The lowest BCUT2D eigenvalue weighted by atomic mass is 10.0. The van der Waals surface area contributed by atoms with Gasteiger partial charge in [0.05, 0.1) is 29.1 Å². The van der Waals surface area contributed by atoms with Gasteiger partial charge in [-0.15, -0.1) is 0 Å². The predicted molar refractivity (Wildman–Crippen MR) is 124 cm³/mol. The number of aromatic amines is 2. The highest BCUT2D eigenvalue weighted by Gasteiger charge is 2.19. The third-order valence-corrected chi connectivity index (χ3v) is 5.85. The molecule has 0 bridgehead atoms. The highest BCUT2D eigenvalue weighted by molar-refractivity contribution is 5.87. The molecule has 7 nitrogen and oxygen atoms in total. The Kier molecular flexibility index (Phi) is 3.43. The molecule has 1 aliphatic rings. The molecule has 1 aliphatic heterocycles. The van der Waals surface area contributed by atoms with Crippen molar-refractivity contribution < 1.29 is 4.74 Å². The number of pyridine rings is 1. The van der Waals surface area contributed by atoms with Gasteiger partial charge in [0.1, 0.15) is 0 Å². The van der Waals surface area contributed by atoms with E-state index in [9.17, 15) is 0 Å². The molecule has 0 radical (unpaired) electrons. The minimum absolute atomic E-state index is 0.699. The third kappa shape index (κ3) is 2.65. The second-order valence-electron chi connectivity index (χ2n) is 7.85. The summed E-state index contributed by atoms with van der Waals surface area (Å²) in [6.07, 6.45) is 5.51. The van der Waals surface area contributed by atoms with Gasteiger partial charge >= 0.3 is 0 Å². The van der Waals surface area contributed by atoms with E-state index in [0.29, 0.717) is 11.6 Å². The maximum absolute atomic E-state index is 6.28. The van der Waals surface area contributed by atoms with E-state index in [-0.39, 0.29) is 0 Å². The van der Waals surface area contributed by atoms with Crippen LogP contribution >= 0.6 is 0 Å². The van der Waals surface area contributed by atoms with Gasteiger partial charge in [-0.2, -0.15) is 10.2 Å². The number of H-pyrrole nitrogens is 2. The summed E-state index contributed by atoms with van der Waals surface area (Å²) < 4.78 is 6.28. The SMILES string of the molecule is c1cc2c(cc1-c1ccc3[nH]ncc3c1)Oc1cc(-c3ccc4[nH]ncc4c3)cnc1N2. The third-order valence-electron chi connectivity index (χ3n) is 5.85. The molecule has 0 saturated carbocycles. The van der Waals surface area contributed by atoms with E-state index < -0.39 is 0 Å². The van der Waals surface area contributed by atoms with Crippen molar-refractivity contribution >= 4 is 33.3 Å². The van der Waals surface area contributed by atoms with Gasteiger partial charge in [0.15, 0.2) is 17.3 Å². The Balaban J connectivity index is 1.25. The van der Waals surface area contributed by atoms with Crippen LogP contribution in [0.1, 0.15) is 0 Å². The Morgan fingerprint density at radius 2 is 1.22 bits per heavy atom. The Bertz CT molecular complexity index is 1530. The fourth-order valence-electron chi connectivity index (χ4n) is 4.15. The van der Waals surface area contributed by atoms with Gasteiger partial charge < -0.3 is 10.1 Å². The lowest BCUT2D eigenvalue weighted by molar-refractivity contribution is 0.479. The Morgan fingerprint density at radius 1 is 0.594 bits per heavy atom. The molecule has 152 valence electrons. The van der Waals surface area contributed by atoms with Crippen molar-refractivity contribution in [2.45, 2.75) is 0 Å². The van der Waals surface area contributed by atoms with Crippen molar-refractivity contribution in [1.82, 2.24) is 25.4 Å². The van der Waals surface area contributed by atoms with Crippen LogP contribution in [0.4, 0.5) is 11.5 Å². The predicted octanol–water partition coefficient (Wildman–Crippen LogP) is 6.02. The zero-order valence-corrected chi connectivity index (χ0v) is 16.8. The first-order valence-corrected chi connectivity index (χ1v) is 10.3. The molecule has 3 aromatic heterocycles. The number of nitrogens with one attached hydrogen (secondary N) is 3. The zero-order valence-electron chi connectivity index (χ0n) is 16.8. The van der Waals surface area contributed by atoms with Gasteiger partial charge in [-0.1, -0.05) is 18.2 Å². The van der Waals surface area contributed by atoms with E-state index >= 15 is 0 Å². The Morgan fingerprint density at radius 3 is 1.97 bits per heavy atom. The highest BCUT2D eigenvalue weighted by Crippen LogP contribution is 2.44. The summed E-state index contributed by atoms with van der Waals surface area (Å²) in [6.45, 7) is 0. The fourth-order valence-corrected chi connectivity index (χ4v) is 4.15. The molecule has 3 N–H and O–H groups in total. The normalized spacial score (nSPS) is 12.2. The molecule has 0 fully saturated rings. The van der Waals surface area contributed by atoms with Crippen molar-refractivity contribution in [2.75, 3.05) is 5.32 Å². The maximum atomic E-state index is 6.28. The summed E-state index contributed by atoms with van der Waals surface area (Å²) >= 11 is 0. The van der Waals surface area contributed by atoms with Crippen LogP contribution in [0.3, 0.4) is 0 Å². The molecule has 0 atom stereocenters. The van der Waals surface area contributed by atoms with E-state index in [2.05, 4.69) is 67.1 Å².